The minimum atomic E-state index is -0.940. The second-order valence-electron chi connectivity index (χ2n) is 6.96. The molecule has 0 unspecified atom stereocenters. The van der Waals surface area contributed by atoms with E-state index < -0.39 is 17.3 Å². The van der Waals surface area contributed by atoms with Crippen molar-refractivity contribution < 1.29 is 19.1 Å². The van der Waals surface area contributed by atoms with Gasteiger partial charge in [-0.25, -0.2) is 0 Å². The van der Waals surface area contributed by atoms with Gasteiger partial charge in [-0.2, -0.15) is 0 Å². The van der Waals surface area contributed by atoms with Crippen molar-refractivity contribution in [1.82, 2.24) is 4.98 Å². The van der Waals surface area contributed by atoms with Gasteiger partial charge in [0.25, 0.3) is 0 Å². The highest BCUT2D eigenvalue weighted by Gasteiger charge is 2.31. The number of aromatic amines is 1. The van der Waals surface area contributed by atoms with Gasteiger partial charge in [0.1, 0.15) is 0 Å². The Kier molecular flexibility index (Phi) is 5.15. The molecule has 0 aliphatic carbocycles. The molecule has 1 aliphatic rings. The van der Waals surface area contributed by atoms with Gasteiger partial charge in [0.05, 0.1) is 17.4 Å². The number of ketones is 1. The highest BCUT2D eigenvalue weighted by atomic mass is 32.2. The van der Waals surface area contributed by atoms with Gasteiger partial charge >= 0.3 is 5.97 Å². The molecular weight excluding hydrogens is 388 g/mol. The van der Waals surface area contributed by atoms with Crippen molar-refractivity contribution in [2.75, 3.05) is 5.32 Å². The van der Waals surface area contributed by atoms with Crippen molar-refractivity contribution >= 4 is 46.0 Å². The predicted molar refractivity (Wildman–Crippen MR) is 112 cm³/mol. The molecule has 0 fully saturated rings. The number of rotatable bonds is 5. The Labute approximate surface area is 172 Å². The Balaban J connectivity index is 1.44. The molecule has 2 heterocycles. The second-order valence-corrected chi connectivity index (χ2v) is 8.21. The predicted octanol–water partition coefficient (Wildman–Crippen LogP) is 4.09. The number of benzene rings is 2. The molecule has 7 heteroatoms. The van der Waals surface area contributed by atoms with E-state index in [0.717, 1.165) is 27.2 Å². The lowest BCUT2D eigenvalue weighted by Crippen LogP contribution is -2.33. The third-order valence-electron chi connectivity index (χ3n) is 4.88. The highest BCUT2D eigenvalue weighted by molar-refractivity contribution is 8.01. The monoisotopic (exact) mass is 408 g/mol. The number of para-hydroxylation sites is 2. The van der Waals surface area contributed by atoms with Crippen LogP contribution in [-0.2, 0) is 14.3 Å². The van der Waals surface area contributed by atoms with Crippen LogP contribution in [0.1, 0.15) is 29.4 Å². The lowest BCUT2D eigenvalue weighted by molar-refractivity contribution is -0.147. The van der Waals surface area contributed by atoms with Crippen LogP contribution in [0.4, 0.5) is 5.69 Å². The molecule has 0 radical (unpaired) electrons. The normalized spacial score (nSPS) is 16.8. The summed E-state index contributed by atoms with van der Waals surface area (Å²) in [7, 11) is 0. The molecule has 4 rings (SSSR count). The van der Waals surface area contributed by atoms with E-state index in [9.17, 15) is 14.4 Å². The first-order valence-corrected chi connectivity index (χ1v) is 10.2. The number of aromatic nitrogens is 1. The Morgan fingerprint density at radius 2 is 1.86 bits per heavy atom. The summed E-state index contributed by atoms with van der Waals surface area (Å²) in [6.45, 7) is 3.38. The van der Waals surface area contributed by atoms with Gasteiger partial charge in [-0.3, -0.25) is 14.4 Å². The van der Waals surface area contributed by atoms with E-state index in [1.807, 2.05) is 55.5 Å². The number of anilines is 1. The van der Waals surface area contributed by atoms with Crippen LogP contribution in [0.15, 0.2) is 53.4 Å². The van der Waals surface area contributed by atoms with Crippen molar-refractivity contribution in [3.63, 3.8) is 0 Å². The van der Waals surface area contributed by atoms with E-state index in [4.69, 9.17) is 4.74 Å². The fourth-order valence-corrected chi connectivity index (χ4v) is 4.57. The van der Waals surface area contributed by atoms with Crippen LogP contribution >= 0.6 is 11.8 Å². The fraction of sp³-hybridized carbons (Fsp3) is 0.227. The molecule has 0 saturated carbocycles. The van der Waals surface area contributed by atoms with Gasteiger partial charge in [-0.05, 0) is 32.0 Å². The Bertz CT molecular complexity index is 1120. The molecule has 148 valence electrons. The number of fused-ring (bicyclic) bond motifs is 2. The maximum Gasteiger partial charge on any atom is 0.308 e. The zero-order valence-electron chi connectivity index (χ0n) is 16.0. The largest absolute Gasteiger partial charge is 0.454 e. The summed E-state index contributed by atoms with van der Waals surface area (Å²) in [4.78, 5) is 41.7. The molecule has 2 atom stereocenters. The van der Waals surface area contributed by atoms with Crippen molar-refractivity contribution in [1.29, 1.82) is 0 Å². The zero-order valence-corrected chi connectivity index (χ0v) is 16.8. The maximum atomic E-state index is 12.9. The van der Waals surface area contributed by atoms with Gasteiger partial charge in [-0.1, -0.05) is 30.3 Å². The summed E-state index contributed by atoms with van der Waals surface area (Å²) in [6, 6.07) is 14.9. The first-order valence-electron chi connectivity index (χ1n) is 9.31. The van der Waals surface area contributed by atoms with Crippen molar-refractivity contribution in [3.05, 3.63) is 59.8 Å². The Morgan fingerprint density at radius 1 is 1.14 bits per heavy atom. The number of H-pyrrole nitrogens is 1. The van der Waals surface area contributed by atoms with Crippen molar-refractivity contribution in [2.45, 2.75) is 36.5 Å². The van der Waals surface area contributed by atoms with E-state index in [0.29, 0.717) is 5.56 Å². The number of hydrogen-bond donors (Lipinski definition) is 2. The summed E-state index contributed by atoms with van der Waals surface area (Å²) in [5.41, 5.74) is 2.86. The lowest BCUT2D eigenvalue weighted by atomic mass is 10.0. The molecule has 29 heavy (non-hydrogen) atoms. The van der Waals surface area contributed by atoms with Crippen molar-refractivity contribution in [3.8, 4) is 0 Å². The van der Waals surface area contributed by atoms with E-state index >= 15 is 0 Å². The molecule has 2 N–H and O–H groups in total. The van der Waals surface area contributed by atoms with Gasteiger partial charge in [-0.15, -0.1) is 11.8 Å². The molecule has 3 aromatic rings. The van der Waals surface area contributed by atoms with Gasteiger partial charge < -0.3 is 15.0 Å². The lowest BCUT2D eigenvalue weighted by Gasteiger charge is -2.23. The molecule has 0 saturated heterocycles. The Hall–Kier alpha value is -3.06. The number of aryl methyl sites for hydroxylation is 1. The number of nitrogens with one attached hydrogen (secondary N) is 2. The quantitative estimate of drug-likeness (QED) is 0.490. The third-order valence-corrected chi connectivity index (χ3v) is 6.15. The number of thioether (sulfide) groups is 1. The van der Waals surface area contributed by atoms with Crippen LogP contribution in [0.25, 0.3) is 10.9 Å². The van der Waals surface area contributed by atoms with E-state index in [2.05, 4.69) is 10.3 Å². The highest BCUT2D eigenvalue weighted by Crippen LogP contribution is 2.36. The molecule has 6 nitrogen and oxygen atoms in total. The maximum absolute atomic E-state index is 12.9. The number of carbonyl (C=O) groups is 3. The standard InChI is InChI=1S/C22H20N2O4S/c1-12-20(14-7-3-4-8-15(14)23-12)21(26)13(2)28-19(25)11-18-22(27)24-16-9-5-6-10-17(16)29-18/h3-10,13,18,23H,11H2,1-2H3,(H,24,27)/t13-,18-/m0/s1. The third kappa shape index (κ3) is 3.78. The van der Waals surface area contributed by atoms with Gasteiger partial charge in [0, 0.05) is 27.1 Å². The number of carbonyl (C=O) groups excluding carboxylic acids is 3. The first-order chi connectivity index (χ1) is 13.9. The minimum Gasteiger partial charge on any atom is -0.454 e. The van der Waals surface area contributed by atoms with Crippen LogP contribution in [-0.4, -0.2) is 34.0 Å². The average Bonchev–Trinajstić information content (AvgIpc) is 3.03. The fourth-order valence-electron chi connectivity index (χ4n) is 3.47. The van der Waals surface area contributed by atoms with Gasteiger partial charge in [0.2, 0.25) is 11.7 Å². The Morgan fingerprint density at radius 3 is 2.69 bits per heavy atom. The van der Waals surface area contributed by atoms with E-state index in [1.165, 1.54) is 11.8 Å². The molecular formula is C22H20N2O4S. The van der Waals surface area contributed by atoms with E-state index in [1.54, 1.807) is 6.92 Å². The van der Waals surface area contributed by atoms with Crippen LogP contribution in [0.3, 0.4) is 0 Å². The zero-order chi connectivity index (χ0) is 20.5. The molecule has 1 amide bonds. The number of Topliss-reactive ketones (excluding diaryl/α,β-unsaturated/α-hetero) is 1. The summed E-state index contributed by atoms with van der Waals surface area (Å²) in [5, 5.41) is 3.02. The topological polar surface area (TPSA) is 88.3 Å². The molecule has 2 aromatic carbocycles. The molecule has 1 aliphatic heterocycles. The van der Waals surface area contributed by atoms with Crippen LogP contribution < -0.4 is 5.32 Å². The average molecular weight is 408 g/mol. The summed E-state index contributed by atoms with van der Waals surface area (Å²) in [6.07, 6.45) is -1.04. The second kappa shape index (κ2) is 7.75. The van der Waals surface area contributed by atoms with Crippen molar-refractivity contribution in [2.24, 2.45) is 0 Å². The smallest absolute Gasteiger partial charge is 0.308 e. The number of esters is 1. The summed E-state index contributed by atoms with van der Waals surface area (Å²) >= 11 is 1.33. The molecule has 0 spiro atoms. The van der Waals surface area contributed by atoms with Gasteiger partial charge in [0.15, 0.2) is 6.10 Å². The first kappa shape index (κ1) is 19.3. The molecule has 1 aromatic heterocycles. The number of hydrogen-bond acceptors (Lipinski definition) is 5. The van der Waals surface area contributed by atoms with Crippen LogP contribution in [0.5, 0.6) is 0 Å². The van der Waals surface area contributed by atoms with E-state index in [-0.39, 0.29) is 18.1 Å². The summed E-state index contributed by atoms with van der Waals surface area (Å²) in [5.74, 6) is -1.08. The van der Waals surface area contributed by atoms with Crippen LogP contribution in [0.2, 0.25) is 0 Å². The molecule has 0 bridgehead atoms. The summed E-state index contributed by atoms with van der Waals surface area (Å²) < 4.78 is 5.38. The number of amides is 1. The van der Waals surface area contributed by atoms with Crippen LogP contribution in [0, 0.1) is 6.92 Å². The number of ether oxygens (including phenoxy) is 1. The SMILES string of the molecule is Cc1[nH]c2ccccc2c1C(=O)[C@H](C)OC(=O)C[C@@H]1Sc2ccccc2NC1=O. The minimum absolute atomic E-state index is 0.102.